The van der Waals surface area contributed by atoms with E-state index in [1.165, 1.54) is 7.11 Å². The molecular weight excluding hydrogens is 285 g/mol. The third-order valence-corrected chi connectivity index (χ3v) is 2.39. The first-order valence-electron chi connectivity index (χ1n) is 3.98. The summed E-state index contributed by atoms with van der Waals surface area (Å²) in [7, 11) is 1.33. The number of rotatable bonds is 4. The molecule has 0 saturated heterocycles. The molecule has 1 unspecified atom stereocenters. The smallest absolute Gasteiger partial charge is 0.320 e. The number of nitrogens with one attached hydrogen (secondary N) is 1. The third-order valence-electron chi connectivity index (χ3n) is 1.44. The molecule has 4 nitrogen and oxygen atoms in total. The highest BCUT2D eigenvalue weighted by Gasteiger charge is 2.16. The molecule has 5 heteroatoms. The minimum Gasteiger partial charge on any atom is -0.468 e. The van der Waals surface area contributed by atoms with Crippen LogP contribution in [0.4, 0.5) is 0 Å². The van der Waals surface area contributed by atoms with Gasteiger partial charge in [-0.1, -0.05) is 36.4 Å². The highest BCUT2D eigenvalue weighted by atomic mass is 127. The van der Waals surface area contributed by atoms with E-state index in [9.17, 15) is 9.59 Å². The third kappa shape index (κ3) is 5.07. The van der Waals surface area contributed by atoms with Crippen LogP contribution in [0.3, 0.4) is 0 Å². The summed E-state index contributed by atoms with van der Waals surface area (Å²) in [5.74, 6) is -0.420. The number of esters is 1. The van der Waals surface area contributed by atoms with Crippen molar-refractivity contribution in [2.75, 3.05) is 13.7 Å². The maximum Gasteiger partial charge on any atom is 0.320 e. The number of amides is 1. The van der Waals surface area contributed by atoms with Gasteiger partial charge in [0.15, 0.2) is 0 Å². The number of alkyl halides is 1. The second kappa shape index (κ2) is 6.17. The standard InChI is InChI=1S/C8H14INO3/c1-5(2)7(11)10-4-6(9)8(12)13-3/h5-6H,4H2,1-3H3,(H,10,11). The van der Waals surface area contributed by atoms with Gasteiger partial charge in [-0.15, -0.1) is 0 Å². The summed E-state index contributed by atoms with van der Waals surface area (Å²) in [4.78, 5) is 22.0. The van der Waals surface area contributed by atoms with Crippen molar-refractivity contribution >= 4 is 34.5 Å². The summed E-state index contributed by atoms with van der Waals surface area (Å²) in [6.07, 6.45) is 0. The van der Waals surface area contributed by atoms with E-state index >= 15 is 0 Å². The highest BCUT2D eigenvalue weighted by molar-refractivity contribution is 14.1. The van der Waals surface area contributed by atoms with Crippen molar-refractivity contribution in [3.63, 3.8) is 0 Å². The van der Waals surface area contributed by atoms with Crippen LogP contribution >= 0.6 is 22.6 Å². The molecule has 1 N–H and O–H groups in total. The fraction of sp³-hybridized carbons (Fsp3) is 0.750. The Hall–Kier alpha value is -0.330. The summed E-state index contributed by atoms with van der Waals surface area (Å²) in [6, 6.07) is 0. The molecule has 0 aromatic rings. The lowest BCUT2D eigenvalue weighted by molar-refractivity contribution is -0.139. The average Bonchev–Trinajstić information content (AvgIpc) is 2.11. The van der Waals surface area contributed by atoms with Crippen LogP contribution in [-0.2, 0) is 14.3 Å². The normalized spacial score (nSPS) is 12.4. The molecule has 1 atom stereocenters. The van der Waals surface area contributed by atoms with Gasteiger partial charge in [0.05, 0.1) is 7.11 Å². The van der Waals surface area contributed by atoms with Crippen molar-refractivity contribution < 1.29 is 14.3 Å². The molecule has 13 heavy (non-hydrogen) atoms. The monoisotopic (exact) mass is 299 g/mol. The molecule has 0 aromatic carbocycles. The van der Waals surface area contributed by atoms with Crippen LogP contribution in [0.15, 0.2) is 0 Å². The molecule has 1 amide bonds. The predicted molar refractivity (Wildman–Crippen MR) is 57.7 cm³/mol. The zero-order chi connectivity index (χ0) is 10.4. The lowest BCUT2D eigenvalue weighted by Crippen LogP contribution is -2.35. The summed E-state index contributed by atoms with van der Waals surface area (Å²) in [5.41, 5.74) is 0. The molecule has 0 aromatic heterocycles. The molecule has 0 aliphatic rings. The van der Waals surface area contributed by atoms with Gasteiger partial charge in [-0.3, -0.25) is 9.59 Å². The van der Waals surface area contributed by atoms with Gasteiger partial charge < -0.3 is 10.1 Å². The van der Waals surface area contributed by atoms with Crippen molar-refractivity contribution in [1.29, 1.82) is 0 Å². The van der Waals surface area contributed by atoms with E-state index in [4.69, 9.17) is 0 Å². The Bertz CT molecular complexity index is 194. The van der Waals surface area contributed by atoms with E-state index in [1.54, 1.807) is 13.8 Å². The number of carbonyl (C=O) groups excluding carboxylic acids is 2. The van der Waals surface area contributed by atoms with E-state index < -0.39 is 0 Å². The van der Waals surface area contributed by atoms with E-state index in [2.05, 4.69) is 10.1 Å². The van der Waals surface area contributed by atoms with Crippen molar-refractivity contribution in [3.8, 4) is 0 Å². The molecule has 0 aliphatic carbocycles. The Kier molecular flexibility index (Phi) is 6.02. The Balaban J connectivity index is 3.76. The molecular formula is C8H14INO3. The van der Waals surface area contributed by atoms with Crippen LogP contribution in [0, 0.1) is 5.92 Å². The number of carbonyl (C=O) groups is 2. The first kappa shape index (κ1) is 12.7. The van der Waals surface area contributed by atoms with Crippen molar-refractivity contribution in [2.45, 2.75) is 17.8 Å². The van der Waals surface area contributed by atoms with Crippen LogP contribution in [-0.4, -0.2) is 29.5 Å². The second-order valence-electron chi connectivity index (χ2n) is 2.89. The SMILES string of the molecule is COC(=O)C(I)CNC(=O)C(C)C. The number of hydrogen-bond acceptors (Lipinski definition) is 3. The fourth-order valence-electron chi connectivity index (χ4n) is 0.606. The maximum atomic E-state index is 11.1. The summed E-state index contributed by atoms with van der Waals surface area (Å²) < 4.78 is 4.19. The molecule has 0 rings (SSSR count). The van der Waals surface area contributed by atoms with E-state index in [0.29, 0.717) is 6.54 Å². The van der Waals surface area contributed by atoms with Crippen molar-refractivity contribution in [2.24, 2.45) is 5.92 Å². The Labute approximate surface area is 91.5 Å². The van der Waals surface area contributed by atoms with Crippen LogP contribution in [0.1, 0.15) is 13.8 Å². The quantitative estimate of drug-likeness (QED) is 0.473. The molecule has 0 bridgehead atoms. The Morgan fingerprint density at radius 2 is 2.00 bits per heavy atom. The van der Waals surface area contributed by atoms with Crippen LogP contribution < -0.4 is 5.32 Å². The molecule has 0 heterocycles. The highest BCUT2D eigenvalue weighted by Crippen LogP contribution is 2.01. The Morgan fingerprint density at radius 1 is 1.46 bits per heavy atom. The van der Waals surface area contributed by atoms with Gasteiger partial charge in [0.2, 0.25) is 5.91 Å². The van der Waals surface area contributed by atoms with Gasteiger partial charge >= 0.3 is 5.97 Å². The summed E-state index contributed by atoms with van der Waals surface area (Å²) in [6.45, 7) is 3.93. The van der Waals surface area contributed by atoms with E-state index in [1.807, 2.05) is 22.6 Å². The van der Waals surface area contributed by atoms with Gasteiger partial charge in [0.1, 0.15) is 3.92 Å². The predicted octanol–water partition coefficient (Wildman–Crippen LogP) is 0.735. The topological polar surface area (TPSA) is 55.4 Å². The number of hydrogen-bond donors (Lipinski definition) is 1. The number of ether oxygens (including phenoxy) is 1. The lowest BCUT2D eigenvalue weighted by atomic mass is 10.2. The van der Waals surface area contributed by atoms with Crippen molar-refractivity contribution in [3.05, 3.63) is 0 Å². The molecule has 0 aliphatic heterocycles. The van der Waals surface area contributed by atoms with Crippen LogP contribution in [0.2, 0.25) is 0 Å². The molecule has 0 saturated carbocycles. The average molecular weight is 299 g/mol. The molecule has 76 valence electrons. The molecule has 0 spiro atoms. The first-order chi connectivity index (χ1) is 5.99. The van der Waals surface area contributed by atoms with E-state index in [0.717, 1.165) is 0 Å². The van der Waals surface area contributed by atoms with Gasteiger partial charge in [0.25, 0.3) is 0 Å². The minimum atomic E-state index is -0.315. The number of methoxy groups -OCH3 is 1. The molecule has 0 radical (unpaired) electrons. The maximum absolute atomic E-state index is 11.1. The lowest BCUT2D eigenvalue weighted by Gasteiger charge is -2.10. The van der Waals surface area contributed by atoms with Gasteiger partial charge in [0, 0.05) is 12.5 Å². The van der Waals surface area contributed by atoms with Crippen LogP contribution in [0.5, 0.6) is 0 Å². The van der Waals surface area contributed by atoms with E-state index in [-0.39, 0.29) is 21.7 Å². The number of halogens is 1. The minimum absolute atomic E-state index is 0.0504. The fourth-order valence-corrected chi connectivity index (χ4v) is 1.08. The van der Waals surface area contributed by atoms with Gasteiger partial charge in [-0.25, -0.2) is 0 Å². The zero-order valence-electron chi connectivity index (χ0n) is 7.96. The summed E-state index contributed by atoms with van der Waals surface area (Å²) >= 11 is 1.94. The molecule has 0 fully saturated rings. The second-order valence-corrected chi connectivity index (χ2v) is 4.39. The Morgan fingerprint density at radius 3 is 2.38 bits per heavy atom. The zero-order valence-corrected chi connectivity index (χ0v) is 10.1. The van der Waals surface area contributed by atoms with Crippen molar-refractivity contribution in [1.82, 2.24) is 5.32 Å². The largest absolute Gasteiger partial charge is 0.468 e. The first-order valence-corrected chi connectivity index (χ1v) is 5.23. The van der Waals surface area contributed by atoms with Crippen LogP contribution in [0.25, 0.3) is 0 Å². The van der Waals surface area contributed by atoms with Gasteiger partial charge in [-0.05, 0) is 0 Å². The summed E-state index contributed by atoms with van der Waals surface area (Å²) in [5, 5.41) is 2.65. The van der Waals surface area contributed by atoms with Gasteiger partial charge in [-0.2, -0.15) is 0 Å².